The highest BCUT2D eigenvalue weighted by Gasteiger charge is 2.25. The van der Waals surface area contributed by atoms with Gasteiger partial charge in [-0.25, -0.2) is 4.39 Å². The highest BCUT2D eigenvalue weighted by Crippen LogP contribution is 2.43. The number of rotatable bonds is 3. The Labute approximate surface area is 160 Å². The van der Waals surface area contributed by atoms with Gasteiger partial charge in [0.1, 0.15) is 17.3 Å². The van der Waals surface area contributed by atoms with E-state index in [0.717, 1.165) is 16.7 Å². The zero-order chi connectivity index (χ0) is 19.0. The maximum absolute atomic E-state index is 14.6. The molecule has 5 heteroatoms. The van der Waals surface area contributed by atoms with Crippen molar-refractivity contribution in [2.45, 2.75) is 6.92 Å². The summed E-state index contributed by atoms with van der Waals surface area (Å²) in [6.07, 6.45) is 0. The molecule has 0 aliphatic rings. The number of nitrogens with zero attached hydrogens (tertiary/aromatic N) is 1. The first-order chi connectivity index (χ1) is 13.1. The predicted octanol–water partition coefficient (Wildman–Crippen LogP) is 6.48. The van der Waals surface area contributed by atoms with E-state index in [1.165, 1.54) is 6.07 Å². The van der Waals surface area contributed by atoms with Crippen molar-refractivity contribution in [3.8, 4) is 39.5 Å². The van der Waals surface area contributed by atoms with Gasteiger partial charge in [-0.3, -0.25) is 0 Å². The maximum Gasteiger partial charge on any atom is 0.175 e. The molecular weight excluding hydrogens is 365 g/mol. The lowest BCUT2D eigenvalue weighted by molar-refractivity contribution is 0.434. The van der Waals surface area contributed by atoms with Crippen LogP contribution in [0.25, 0.3) is 33.7 Å². The van der Waals surface area contributed by atoms with Crippen LogP contribution in [0.4, 0.5) is 4.39 Å². The smallest absolute Gasteiger partial charge is 0.175 e. The fourth-order valence-corrected chi connectivity index (χ4v) is 3.35. The quantitative estimate of drug-likeness (QED) is 0.443. The number of benzene rings is 3. The number of hydrogen-bond donors (Lipinski definition) is 1. The van der Waals surface area contributed by atoms with Gasteiger partial charge in [0.25, 0.3) is 0 Å². The van der Waals surface area contributed by atoms with Crippen LogP contribution >= 0.6 is 11.6 Å². The van der Waals surface area contributed by atoms with E-state index in [4.69, 9.17) is 16.1 Å². The lowest BCUT2D eigenvalue weighted by Gasteiger charge is -2.10. The van der Waals surface area contributed by atoms with Crippen molar-refractivity contribution in [3.05, 3.63) is 83.1 Å². The summed E-state index contributed by atoms with van der Waals surface area (Å²) in [6, 6.07) is 18.8. The van der Waals surface area contributed by atoms with Gasteiger partial charge in [-0.15, -0.1) is 0 Å². The van der Waals surface area contributed by atoms with Gasteiger partial charge in [-0.2, -0.15) is 0 Å². The molecule has 0 fully saturated rings. The summed E-state index contributed by atoms with van der Waals surface area (Å²) in [7, 11) is 0. The summed E-state index contributed by atoms with van der Waals surface area (Å²) in [5, 5.41) is 14.0. The number of hydrogen-bond acceptors (Lipinski definition) is 3. The number of aromatic hydroxyl groups is 1. The molecule has 1 aromatic heterocycles. The summed E-state index contributed by atoms with van der Waals surface area (Å²) < 4.78 is 20.2. The molecule has 1 heterocycles. The Morgan fingerprint density at radius 2 is 1.67 bits per heavy atom. The normalized spacial score (nSPS) is 10.9. The van der Waals surface area contributed by atoms with E-state index in [1.54, 1.807) is 36.4 Å². The molecule has 3 nitrogen and oxygen atoms in total. The van der Waals surface area contributed by atoms with Gasteiger partial charge in [-0.05, 0) is 54.4 Å². The average molecular weight is 380 g/mol. The van der Waals surface area contributed by atoms with Crippen molar-refractivity contribution in [2.75, 3.05) is 0 Å². The summed E-state index contributed by atoms with van der Waals surface area (Å²) in [6.45, 7) is 1.97. The summed E-state index contributed by atoms with van der Waals surface area (Å²) in [4.78, 5) is 0. The van der Waals surface area contributed by atoms with E-state index in [1.807, 2.05) is 31.2 Å². The van der Waals surface area contributed by atoms with E-state index < -0.39 is 5.82 Å². The molecule has 27 heavy (non-hydrogen) atoms. The van der Waals surface area contributed by atoms with Crippen molar-refractivity contribution in [1.29, 1.82) is 0 Å². The van der Waals surface area contributed by atoms with E-state index in [0.29, 0.717) is 17.0 Å². The first-order valence-electron chi connectivity index (χ1n) is 8.35. The second kappa shape index (κ2) is 6.89. The predicted molar refractivity (Wildman–Crippen MR) is 104 cm³/mol. The number of halogens is 2. The summed E-state index contributed by atoms with van der Waals surface area (Å²) in [5.41, 5.74) is 3.79. The van der Waals surface area contributed by atoms with E-state index >= 15 is 0 Å². The zero-order valence-corrected chi connectivity index (χ0v) is 15.2. The minimum atomic E-state index is -0.470. The molecule has 0 saturated heterocycles. The SMILES string of the molecule is Cc1ccccc1-c1c(-c2c(F)cccc2Cl)noc1-c1ccc(O)cc1. The van der Waals surface area contributed by atoms with Crippen LogP contribution in [0, 0.1) is 12.7 Å². The second-order valence-corrected chi connectivity index (χ2v) is 6.60. The molecule has 0 spiro atoms. The maximum atomic E-state index is 14.6. The van der Waals surface area contributed by atoms with Crippen LogP contribution < -0.4 is 0 Å². The van der Waals surface area contributed by atoms with Crippen molar-refractivity contribution < 1.29 is 14.0 Å². The van der Waals surface area contributed by atoms with Gasteiger partial charge in [0, 0.05) is 5.56 Å². The summed E-state index contributed by atoms with van der Waals surface area (Å²) in [5.74, 6) is 0.162. The third-order valence-corrected chi connectivity index (χ3v) is 4.75. The molecule has 4 aromatic rings. The number of aryl methyl sites for hydroxylation is 1. The Morgan fingerprint density at radius 1 is 0.926 bits per heavy atom. The van der Waals surface area contributed by atoms with Crippen LogP contribution in [0.5, 0.6) is 5.75 Å². The number of aromatic nitrogens is 1. The Balaban J connectivity index is 2.04. The molecule has 0 saturated carbocycles. The van der Waals surface area contributed by atoms with Crippen LogP contribution in [0.2, 0.25) is 5.02 Å². The monoisotopic (exact) mass is 379 g/mol. The molecule has 4 rings (SSSR count). The van der Waals surface area contributed by atoms with Gasteiger partial charge < -0.3 is 9.63 Å². The first-order valence-corrected chi connectivity index (χ1v) is 8.73. The van der Waals surface area contributed by atoms with Crippen molar-refractivity contribution in [1.82, 2.24) is 5.16 Å². The van der Waals surface area contributed by atoms with E-state index in [2.05, 4.69) is 5.16 Å². The van der Waals surface area contributed by atoms with Crippen molar-refractivity contribution in [2.24, 2.45) is 0 Å². The lowest BCUT2D eigenvalue weighted by Crippen LogP contribution is -1.91. The number of phenols is 1. The highest BCUT2D eigenvalue weighted by atomic mass is 35.5. The molecule has 0 atom stereocenters. The fourth-order valence-electron chi connectivity index (χ4n) is 3.10. The fraction of sp³-hybridized carbons (Fsp3) is 0.0455. The molecule has 0 unspecified atom stereocenters. The summed E-state index contributed by atoms with van der Waals surface area (Å²) >= 11 is 6.28. The van der Waals surface area contributed by atoms with Gasteiger partial charge in [-0.1, -0.05) is 47.1 Å². The molecule has 0 amide bonds. The third-order valence-electron chi connectivity index (χ3n) is 4.44. The van der Waals surface area contributed by atoms with Gasteiger partial charge in [0.15, 0.2) is 5.76 Å². The molecule has 0 bridgehead atoms. The third kappa shape index (κ3) is 3.09. The van der Waals surface area contributed by atoms with Crippen LogP contribution in [0.1, 0.15) is 5.56 Å². The molecule has 0 aliphatic heterocycles. The van der Waals surface area contributed by atoms with Gasteiger partial charge in [0.2, 0.25) is 0 Å². The molecule has 1 N–H and O–H groups in total. The Kier molecular flexibility index (Phi) is 4.42. The molecular formula is C22H15ClFNO2. The van der Waals surface area contributed by atoms with Crippen LogP contribution in [-0.4, -0.2) is 10.3 Å². The van der Waals surface area contributed by atoms with Crippen LogP contribution in [0.15, 0.2) is 71.3 Å². The number of phenolic OH excluding ortho intramolecular Hbond substituents is 1. The van der Waals surface area contributed by atoms with E-state index in [9.17, 15) is 9.50 Å². The van der Waals surface area contributed by atoms with Crippen LogP contribution in [-0.2, 0) is 0 Å². The largest absolute Gasteiger partial charge is 0.508 e. The zero-order valence-electron chi connectivity index (χ0n) is 14.4. The lowest BCUT2D eigenvalue weighted by atomic mass is 9.93. The van der Waals surface area contributed by atoms with Crippen molar-refractivity contribution in [3.63, 3.8) is 0 Å². The van der Waals surface area contributed by atoms with Gasteiger partial charge in [0.05, 0.1) is 16.1 Å². The Bertz CT molecular complexity index is 1100. The minimum Gasteiger partial charge on any atom is -0.508 e. The Morgan fingerprint density at radius 3 is 2.37 bits per heavy atom. The second-order valence-electron chi connectivity index (χ2n) is 6.19. The average Bonchev–Trinajstić information content (AvgIpc) is 3.07. The van der Waals surface area contributed by atoms with E-state index in [-0.39, 0.29) is 16.3 Å². The first kappa shape index (κ1) is 17.3. The molecule has 134 valence electrons. The molecule has 0 radical (unpaired) electrons. The highest BCUT2D eigenvalue weighted by molar-refractivity contribution is 6.33. The minimum absolute atomic E-state index is 0.146. The van der Waals surface area contributed by atoms with Crippen LogP contribution in [0.3, 0.4) is 0 Å². The molecule has 3 aromatic carbocycles. The topological polar surface area (TPSA) is 46.3 Å². The Hall–Kier alpha value is -3.11. The van der Waals surface area contributed by atoms with Gasteiger partial charge >= 0.3 is 0 Å². The van der Waals surface area contributed by atoms with Crippen molar-refractivity contribution >= 4 is 11.6 Å². The molecule has 0 aliphatic carbocycles. The standard InChI is InChI=1S/C22H15ClFNO2/c1-13-5-2-3-6-16(13)19-21(20-17(23)7-4-8-18(20)24)25-27-22(19)14-9-11-15(26)12-10-14/h2-12,26H,1H3.